The quantitative estimate of drug-likeness (QED) is 0.776. The van der Waals surface area contributed by atoms with Crippen molar-refractivity contribution in [3.8, 4) is 5.88 Å². The standard InChI is InChI=1S/C18H24N6OS/c1-13-6-3-4-9-24(13)15-10-16(25-2)22-17(21-15)23-18(26)20-12-14-7-5-8-19-11-14/h5,7-8,10-11,13H,3-4,6,9,12H2,1-2H3,(H2,20,21,22,23,26)/t13-/m0/s1. The Morgan fingerprint density at radius 3 is 3.00 bits per heavy atom. The van der Waals surface area contributed by atoms with E-state index in [1.54, 1.807) is 19.5 Å². The van der Waals surface area contributed by atoms with Crippen molar-refractivity contribution < 1.29 is 4.74 Å². The first-order valence-corrected chi connectivity index (χ1v) is 9.20. The molecule has 1 fully saturated rings. The van der Waals surface area contributed by atoms with Gasteiger partial charge >= 0.3 is 0 Å². The van der Waals surface area contributed by atoms with Crippen molar-refractivity contribution in [1.29, 1.82) is 0 Å². The highest BCUT2D eigenvalue weighted by atomic mass is 32.1. The summed E-state index contributed by atoms with van der Waals surface area (Å²) in [6, 6.07) is 6.21. The summed E-state index contributed by atoms with van der Waals surface area (Å²) in [5.74, 6) is 1.81. The summed E-state index contributed by atoms with van der Waals surface area (Å²) < 4.78 is 5.34. The van der Waals surface area contributed by atoms with Crippen molar-refractivity contribution in [2.45, 2.75) is 38.8 Å². The second-order valence-corrected chi connectivity index (χ2v) is 6.71. The first-order valence-electron chi connectivity index (χ1n) is 8.79. The first-order chi connectivity index (χ1) is 12.7. The molecule has 0 saturated carbocycles. The van der Waals surface area contributed by atoms with Crippen molar-refractivity contribution in [2.24, 2.45) is 0 Å². The molecule has 7 nitrogen and oxygen atoms in total. The van der Waals surface area contributed by atoms with Gasteiger partial charge < -0.3 is 20.3 Å². The summed E-state index contributed by atoms with van der Waals surface area (Å²) >= 11 is 5.36. The van der Waals surface area contributed by atoms with Crippen molar-refractivity contribution in [3.05, 3.63) is 36.2 Å². The Morgan fingerprint density at radius 2 is 2.27 bits per heavy atom. The van der Waals surface area contributed by atoms with E-state index in [9.17, 15) is 0 Å². The van der Waals surface area contributed by atoms with Gasteiger partial charge in [0.15, 0.2) is 5.11 Å². The maximum absolute atomic E-state index is 5.36. The Hall–Kier alpha value is -2.48. The van der Waals surface area contributed by atoms with Crippen LogP contribution in [0, 0.1) is 0 Å². The van der Waals surface area contributed by atoms with Gasteiger partial charge in [0.25, 0.3) is 0 Å². The minimum Gasteiger partial charge on any atom is -0.481 e. The lowest BCUT2D eigenvalue weighted by atomic mass is 10.0. The van der Waals surface area contributed by atoms with E-state index in [0.29, 0.717) is 29.5 Å². The number of nitrogens with zero attached hydrogens (tertiary/aromatic N) is 4. The Bertz CT molecular complexity index is 742. The van der Waals surface area contributed by atoms with Gasteiger partial charge in [-0.15, -0.1) is 0 Å². The molecule has 0 bridgehead atoms. The maximum Gasteiger partial charge on any atom is 0.234 e. The Balaban J connectivity index is 1.68. The molecular weight excluding hydrogens is 348 g/mol. The fourth-order valence-corrected chi connectivity index (χ4v) is 3.15. The van der Waals surface area contributed by atoms with E-state index in [4.69, 9.17) is 17.0 Å². The lowest BCUT2D eigenvalue weighted by Crippen LogP contribution is -2.38. The van der Waals surface area contributed by atoms with E-state index >= 15 is 0 Å². The number of aromatic nitrogens is 3. The van der Waals surface area contributed by atoms with E-state index < -0.39 is 0 Å². The molecule has 2 N–H and O–H groups in total. The highest BCUT2D eigenvalue weighted by Gasteiger charge is 2.21. The Kier molecular flexibility index (Phi) is 6.17. The second-order valence-electron chi connectivity index (χ2n) is 6.30. The summed E-state index contributed by atoms with van der Waals surface area (Å²) in [5, 5.41) is 6.65. The van der Waals surface area contributed by atoms with Gasteiger partial charge in [-0.1, -0.05) is 6.07 Å². The van der Waals surface area contributed by atoms with Gasteiger partial charge in [0.2, 0.25) is 11.8 Å². The zero-order valence-electron chi connectivity index (χ0n) is 15.1. The van der Waals surface area contributed by atoms with Crippen molar-refractivity contribution in [2.75, 3.05) is 23.9 Å². The van der Waals surface area contributed by atoms with E-state index in [1.165, 1.54) is 19.3 Å². The number of hydrogen-bond donors (Lipinski definition) is 2. The number of ether oxygens (including phenoxy) is 1. The molecule has 3 rings (SSSR count). The second kappa shape index (κ2) is 8.75. The summed E-state index contributed by atoms with van der Waals surface area (Å²) in [4.78, 5) is 15.4. The van der Waals surface area contributed by atoms with Crippen LogP contribution in [0.3, 0.4) is 0 Å². The molecule has 0 radical (unpaired) electrons. The molecule has 0 aliphatic carbocycles. The molecular formula is C18H24N6OS. The minimum atomic E-state index is 0.431. The Morgan fingerprint density at radius 1 is 1.38 bits per heavy atom. The zero-order chi connectivity index (χ0) is 18.4. The molecule has 3 heterocycles. The molecule has 1 saturated heterocycles. The highest BCUT2D eigenvalue weighted by Crippen LogP contribution is 2.26. The van der Waals surface area contributed by atoms with E-state index in [2.05, 4.69) is 37.4 Å². The van der Waals surface area contributed by atoms with Crippen LogP contribution in [0.2, 0.25) is 0 Å². The molecule has 8 heteroatoms. The van der Waals surface area contributed by atoms with Crippen LogP contribution in [-0.2, 0) is 6.54 Å². The fraction of sp³-hybridized carbons (Fsp3) is 0.444. The van der Waals surface area contributed by atoms with E-state index in [1.807, 2.05) is 18.2 Å². The molecule has 0 amide bonds. The predicted octanol–water partition coefficient (Wildman–Crippen LogP) is 2.75. The van der Waals surface area contributed by atoms with Crippen LogP contribution in [0.4, 0.5) is 11.8 Å². The van der Waals surface area contributed by atoms with Gasteiger partial charge in [-0.2, -0.15) is 9.97 Å². The average molecular weight is 372 g/mol. The summed E-state index contributed by atoms with van der Waals surface area (Å²) in [6.45, 7) is 3.80. The van der Waals surface area contributed by atoms with Crippen LogP contribution < -0.4 is 20.3 Å². The molecule has 1 atom stereocenters. The predicted molar refractivity (Wildman–Crippen MR) is 107 cm³/mol. The molecule has 2 aromatic heterocycles. The van der Waals surface area contributed by atoms with Crippen LogP contribution in [-0.4, -0.2) is 39.8 Å². The third kappa shape index (κ3) is 4.78. The van der Waals surface area contributed by atoms with Gasteiger partial charge in [0.1, 0.15) is 5.82 Å². The van der Waals surface area contributed by atoms with Crippen molar-refractivity contribution >= 4 is 29.1 Å². The maximum atomic E-state index is 5.36. The minimum absolute atomic E-state index is 0.431. The third-order valence-corrected chi connectivity index (χ3v) is 4.64. The zero-order valence-corrected chi connectivity index (χ0v) is 15.9. The first kappa shape index (κ1) is 18.3. The van der Waals surface area contributed by atoms with Crippen LogP contribution in [0.15, 0.2) is 30.6 Å². The van der Waals surface area contributed by atoms with E-state index in [0.717, 1.165) is 17.9 Å². The van der Waals surface area contributed by atoms with Crippen molar-refractivity contribution in [1.82, 2.24) is 20.3 Å². The number of thiocarbonyl (C=S) groups is 1. The van der Waals surface area contributed by atoms with Gasteiger partial charge in [0, 0.05) is 37.6 Å². The average Bonchev–Trinajstić information content (AvgIpc) is 2.67. The molecule has 138 valence electrons. The lowest BCUT2D eigenvalue weighted by Gasteiger charge is -2.34. The smallest absolute Gasteiger partial charge is 0.234 e. The molecule has 1 aliphatic heterocycles. The lowest BCUT2D eigenvalue weighted by molar-refractivity contribution is 0.396. The third-order valence-electron chi connectivity index (χ3n) is 4.40. The molecule has 0 spiro atoms. The molecule has 0 aromatic carbocycles. The topological polar surface area (TPSA) is 75.2 Å². The molecule has 1 aliphatic rings. The molecule has 26 heavy (non-hydrogen) atoms. The number of piperidine rings is 1. The van der Waals surface area contributed by atoms with Crippen molar-refractivity contribution in [3.63, 3.8) is 0 Å². The number of anilines is 2. The largest absolute Gasteiger partial charge is 0.481 e. The van der Waals surface area contributed by atoms with Gasteiger partial charge in [-0.3, -0.25) is 4.98 Å². The van der Waals surface area contributed by atoms with Gasteiger partial charge in [0.05, 0.1) is 7.11 Å². The van der Waals surface area contributed by atoms with Crippen LogP contribution in [0.5, 0.6) is 5.88 Å². The number of nitrogens with one attached hydrogen (secondary N) is 2. The monoisotopic (exact) mass is 372 g/mol. The molecule has 0 unspecified atom stereocenters. The van der Waals surface area contributed by atoms with E-state index in [-0.39, 0.29) is 0 Å². The van der Waals surface area contributed by atoms with Crippen LogP contribution >= 0.6 is 12.2 Å². The number of pyridine rings is 1. The van der Waals surface area contributed by atoms with Crippen LogP contribution in [0.25, 0.3) is 0 Å². The fourth-order valence-electron chi connectivity index (χ4n) is 2.99. The summed E-state index contributed by atoms with van der Waals surface area (Å²) in [6.07, 6.45) is 7.14. The number of methoxy groups -OCH3 is 1. The SMILES string of the molecule is COc1cc(N2CCCC[C@@H]2C)nc(NC(=S)NCc2cccnc2)n1. The summed E-state index contributed by atoms with van der Waals surface area (Å²) in [5.41, 5.74) is 1.05. The van der Waals surface area contributed by atoms with Crippen LogP contribution in [0.1, 0.15) is 31.7 Å². The van der Waals surface area contributed by atoms with Gasteiger partial charge in [-0.25, -0.2) is 0 Å². The molecule has 2 aromatic rings. The highest BCUT2D eigenvalue weighted by molar-refractivity contribution is 7.80. The normalized spacial score (nSPS) is 16.8. The van der Waals surface area contributed by atoms with Gasteiger partial charge in [-0.05, 0) is 50.0 Å². The summed E-state index contributed by atoms with van der Waals surface area (Å²) in [7, 11) is 1.61. The number of hydrogen-bond acceptors (Lipinski definition) is 6. The Labute approximate surface area is 159 Å². The number of rotatable bonds is 5.